The molecule has 0 saturated heterocycles. The Morgan fingerprint density at radius 1 is 1.24 bits per heavy atom. The molecule has 7 heteroatoms. The van der Waals surface area contributed by atoms with Crippen molar-refractivity contribution in [3.05, 3.63) is 51.3 Å². The van der Waals surface area contributed by atoms with E-state index in [1.54, 1.807) is 25.1 Å². The zero-order chi connectivity index (χ0) is 18.7. The van der Waals surface area contributed by atoms with Crippen molar-refractivity contribution in [2.45, 2.75) is 27.2 Å². The van der Waals surface area contributed by atoms with Crippen LogP contribution in [0.1, 0.15) is 44.6 Å². The highest BCUT2D eigenvalue weighted by Crippen LogP contribution is 2.23. The number of aromatic amines is 1. The molecule has 0 aliphatic carbocycles. The maximum Gasteiger partial charge on any atom is 0.339 e. The zero-order valence-electron chi connectivity index (χ0n) is 14.5. The molecule has 132 valence electrons. The van der Waals surface area contributed by atoms with Crippen LogP contribution in [0, 0.1) is 13.8 Å². The van der Waals surface area contributed by atoms with Crippen molar-refractivity contribution in [1.29, 1.82) is 0 Å². The van der Waals surface area contributed by atoms with Gasteiger partial charge in [-0.15, -0.1) is 0 Å². The first-order valence-electron chi connectivity index (χ1n) is 7.61. The highest BCUT2D eigenvalue weighted by atomic mass is 35.5. The molecule has 0 fully saturated rings. The smallest absolute Gasteiger partial charge is 0.339 e. The summed E-state index contributed by atoms with van der Waals surface area (Å²) in [5.41, 5.74) is 2.77. The van der Waals surface area contributed by atoms with E-state index in [0.29, 0.717) is 27.7 Å². The topological polar surface area (TPSA) is 88.3 Å². The quantitative estimate of drug-likeness (QED) is 0.629. The lowest BCUT2D eigenvalue weighted by atomic mass is 10.1. The van der Waals surface area contributed by atoms with Gasteiger partial charge < -0.3 is 15.0 Å². The number of anilines is 1. The predicted molar refractivity (Wildman–Crippen MR) is 95.4 cm³/mol. The van der Waals surface area contributed by atoms with Crippen molar-refractivity contribution >= 4 is 34.9 Å². The minimum Gasteiger partial charge on any atom is -0.465 e. The number of aryl methyl sites for hydroxylation is 1. The Morgan fingerprint density at radius 2 is 1.92 bits per heavy atom. The molecule has 1 aromatic carbocycles. The second-order valence-electron chi connectivity index (χ2n) is 5.71. The maximum atomic E-state index is 12.4. The van der Waals surface area contributed by atoms with E-state index >= 15 is 0 Å². The summed E-state index contributed by atoms with van der Waals surface area (Å²) in [6, 6.07) is 5.18. The minimum absolute atomic E-state index is 0.107. The second kappa shape index (κ2) is 7.53. The number of hydrogen-bond acceptors (Lipinski definition) is 4. The number of rotatable bonds is 5. The number of esters is 1. The fourth-order valence-electron chi connectivity index (χ4n) is 2.61. The van der Waals surface area contributed by atoms with Crippen molar-refractivity contribution in [3.8, 4) is 0 Å². The van der Waals surface area contributed by atoms with E-state index in [1.807, 2.05) is 6.92 Å². The van der Waals surface area contributed by atoms with Crippen LogP contribution in [0.25, 0.3) is 0 Å². The second-order valence-corrected chi connectivity index (χ2v) is 6.15. The molecule has 25 heavy (non-hydrogen) atoms. The molecule has 6 nitrogen and oxygen atoms in total. The fourth-order valence-corrected chi connectivity index (χ4v) is 2.78. The van der Waals surface area contributed by atoms with Crippen molar-refractivity contribution in [2.75, 3.05) is 12.4 Å². The molecule has 2 aromatic rings. The van der Waals surface area contributed by atoms with Gasteiger partial charge in [-0.2, -0.15) is 0 Å². The molecule has 0 unspecified atom stereocenters. The number of amides is 1. The number of carbonyl (C=O) groups is 3. The van der Waals surface area contributed by atoms with E-state index in [2.05, 4.69) is 10.3 Å². The molecule has 2 N–H and O–H groups in total. The molecule has 0 bridgehead atoms. The van der Waals surface area contributed by atoms with Gasteiger partial charge in [-0.1, -0.05) is 17.7 Å². The average Bonchev–Trinajstić information content (AvgIpc) is 2.86. The first kappa shape index (κ1) is 18.7. The van der Waals surface area contributed by atoms with Crippen LogP contribution in [-0.4, -0.2) is 29.8 Å². The van der Waals surface area contributed by atoms with Crippen LogP contribution in [0.5, 0.6) is 0 Å². The molecule has 2 rings (SSSR count). The van der Waals surface area contributed by atoms with Gasteiger partial charge in [0.05, 0.1) is 24.8 Å². The molecule has 0 aliphatic heterocycles. The number of nitrogens with one attached hydrogen (secondary N) is 2. The molecule has 0 saturated carbocycles. The number of halogens is 1. The van der Waals surface area contributed by atoms with Crippen LogP contribution in [0.15, 0.2) is 18.2 Å². The third kappa shape index (κ3) is 4.09. The summed E-state index contributed by atoms with van der Waals surface area (Å²) in [6.45, 7) is 4.87. The number of methoxy groups -OCH3 is 1. The molecule has 1 amide bonds. The van der Waals surface area contributed by atoms with Gasteiger partial charge in [0.15, 0.2) is 5.78 Å². The summed E-state index contributed by atoms with van der Waals surface area (Å²) >= 11 is 5.95. The predicted octanol–water partition coefficient (Wildman–Crippen LogP) is 3.46. The summed E-state index contributed by atoms with van der Waals surface area (Å²) in [5.74, 6) is -1.16. The Hall–Kier alpha value is -2.60. The molecule has 0 aliphatic rings. The van der Waals surface area contributed by atoms with Crippen LogP contribution in [-0.2, 0) is 16.0 Å². The first-order chi connectivity index (χ1) is 11.7. The van der Waals surface area contributed by atoms with Crippen molar-refractivity contribution < 1.29 is 19.1 Å². The fraction of sp³-hybridized carbons (Fsp3) is 0.278. The Morgan fingerprint density at radius 3 is 2.52 bits per heavy atom. The number of aromatic nitrogens is 1. The Balaban J connectivity index is 2.31. The number of hydrogen-bond donors (Lipinski definition) is 2. The number of H-pyrrole nitrogens is 1. The van der Waals surface area contributed by atoms with Crippen LogP contribution < -0.4 is 5.32 Å². The van der Waals surface area contributed by atoms with Gasteiger partial charge >= 0.3 is 5.97 Å². The van der Waals surface area contributed by atoms with E-state index in [0.717, 1.165) is 5.56 Å². The van der Waals surface area contributed by atoms with Crippen molar-refractivity contribution in [2.24, 2.45) is 0 Å². The Bertz CT molecular complexity index is 855. The van der Waals surface area contributed by atoms with Gasteiger partial charge in [0.2, 0.25) is 5.91 Å². The summed E-state index contributed by atoms with van der Waals surface area (Å²) in [7, 11) is 1.25. The van der Waals surface area contributed by atoms with E-state index in [9.17, 15) is 14.4 Å². The number of ketones is 1. The Kier molecular flexibility index (Phi) is 5.64. The summed E-state index contributed by atoms with van der Waals surface area (Å²) < 4.78 is 4.77. The van der Waals surface area contributed by atoms with E-state index in [-0.39, 0.29) is 23.7 Å². The van der Waals surface area contributed by atoms with Gasteiger partial charge in [-0.05, 0) is 37.1 Å². The van der Waals surface area contributed by atoms with Crippen LogP contribution in [0.2, 0.25) is 5.02 Å². The van der Waals surface area contributed by atoms with E-state index in [4.69, 9.17) is 16.3 Å². The lowest BCUT2D eigenvalue weighted by molar-refractivity contribution is -0.115. The summed E-state index contributed by atoms with van der Waals surface area (Å²) in [5, 5.41) is 3.27. The number of ether oxygens (including phenoxy) is 1. The van der Waals surface area contributed by atoms with Gasteiger partial charge in [-0.3, -0.25) is 9.59 Å². The van der Waals surface area contributed by atoms with Gasteiger partial charge in [0, 0.05) is 23.3 Å². The molecule has 0 spiro atoms. The summed E-state index contributed by atoms with van der Waals surface area (Å²) in [4.78, 5) is 39.0. The highest BCUT2D eigenvalue weighted by Gasteiger charge is 2.24. The number of benzene rings is 1. The highest BCUT2D eigenvalue weighted by molar-refractivity contribution is 6.31. The van der Waals surface area contributed by atoms with E-state index in [1.165, 1.54) is 14.0 Å². The van der Waals surface area contributed by atoms with Gasteiger partial charge in [0.1, 0.15) is 0 Å². The van der Waals surface area contributed by atoms with Crippen molar-refractivity contribution in [1.82, 2.24) is 4.98 Å². The van der Waals surface area contributed by atoms with Gasteiger partial charge in [0.25, 0.3) is 0 Å². The van der Waals surface area contributed by atoms with Crippen LogP contribution >= 0.6 is 11.6 Å². The molecule has 1 heterocycles. The third-order valence-electron chi connectivity index (χ3n) is 3.88. The molecular weight excluding hydrogens is 344 g/mol. The number of Topliss-reactive ketones (excluding diaryl/α,β-unsaturated/α-hetero) is 1. The SMILES string of the molecule is COC(=O)c1c(CC(=O)Nc2cc(Cl)ccc2C)[nH]c(C(C)=O)c1C. The third-order valence-corrected chi connectivity index (χ3v) is 4.12. The summed E-state index contributed by atoms with van der Waals surface area (Å²) in [6.07, 6.45) is -0.107. The minimum atomic E-state index is -0.594. The largest absolute Gasteiger partial charge is 0.465 e. The molecule has 0 atom stereocenters. The van der Waals surface area contributed by atoms with Crippen LogP contribution in [0.3, 0.4) is 0 Å². The zero-order valence-corrected chi connectivity index (χ0v) is 15.2. The molecule has 1 aromatic heterocycles. The van der Waals surface area contributed by atoms with E-state index < -0.39 is 5.97 Å². The normalized spacial score (nSPS) is 10.4. The van der Waals surface area contributed by atoms with Crippen LogP contribution in [0.4, 0.5) is 5.69 Å². The number of carbonyl (C=O) groups excluding carboxylic acids is 3. The lowest BCUT2D eigenvalue weighted by Gasteiger charge is -2.09. The molecule has 0 radical (unpaired) electrons. The van der Waals surface area contributed by atoms with Gasteiger partial charge in [-0.25, -0.2) is 4.79 Å². The lowest BCUT2D eigenvalue weighted by Crippen LogP contribution is -2.17. The molecular formula is C18H19ClN2O4. The monoisotopic (exact) mass is 362 g/mol. The average molecular weight is 363 g/mol. The Labute approximate surface area is 150 Å². The maximum absolute atomic E-state index is 12.4. The standard InChI is InChI=1S/C18H19ClN2O4/c1-9-5-6-12(19)7-13(9)20-15(23)8-14-16(18(24)25-4)10(2)17(21-14)11(3)22/h5-7,21H,8H2,1-4H3,(H,20,23). The van der Waals surface area contributed by atoms with Crippen molar-refractivity contribution in [3.63, 3.8) is 0 Å². The first-order valence-corrected chi connectivity index (χ1v) is 7.99.